The molecular weight excluding hydrogens is 396 g/mol. The number of nitro benzene ring substituents is 1. The van der Waals surface area contributed by atoms with Crippen molar-refractivity contribution in [2.75, 3.05) is 11.9 Å². The van der Waals surface area contributed by atoms with Crippen molar-refractivity contribution in [3.63, 3.8) is 0 Å². The molecule has 0 aliphatic rings. The Kier molecular flexibility index (Phi) is 6.21. The maximum atomic E-state index is 12.3. The largest absolute Gasteiger partial charge is 0.485 e. The molecule has 0 unspecified atom stereocenters. The molecule has 0 heterocycles. The maximum Gasteiger partial charge on any atom is 0.269 e. The Labute approximate surface area is 171 Å². The molecule has 0 saturated carbocycles. The number of Topliss-reactive ketones (excluding diaryl/α,β-unsaturated/α-hetero) is 1. The maximum absolute atomic E-state index is 12.3. The van der Waals surface area contributed by atoms with Crippen LogP contribution in [0.25, 0.3) is 0 Å². The number of benzene rings is 3. The second-order valence-electron chi connectivity index (χ2n) is 6.00. The summed E-state index contributed by atoms with van der Waals surface area (Å²) in [5, 5.41) is 13.9. The average molecular weight is 411 g/mol. The standard InChI is InChI=1S/C21H15ClN2O5/c22-16-8-4-14(5-9-16)20(25)13-29-19-3-1-2-17(12-19)23-21(26)15-6-10-18(11-7-15)24(27)28/h1-12H,13H2,(H,23,26). The number of hydrogen-bond donors (Lipinski definition) is 1. The summed E-state index contributed by atoms with van der Waals surface area (Å²) in [7, 11) is 0. The van der Waals surface area contributed by atoms with Gasteiger partial charge in [-0.1, -0.05) is 17.7 Å². The number of amides is 1. The van der Waals surface area contributed by atoms with Crippen molar-refractivity contribution in [3.05, 3.63) is 99.1 Å². The first kappa shape index (κ1) is 20.0. The molecule has 0 bridgehead atoms. The highest BCUT2D eigenvalue weighted by Gasteiger charge is 2.11. The van der Waals surface area contributed by atoms with E-state index in [2.05, 4.69) is 5.32 Å². The minimum absolute atomic E-state index is 0.0951. The molecule has 0 atom stereocenters. The van der Waals surface area contributed by atoms with Crippen molar-refractivity contribution in [2.24, 2.45) is 0 Å². The summed E-state index contributed by atoms with van der Waals surface area (Å²) >= 11 is 5.81. The molecule has 0 aliphatic carbocycles. The fourth-order valence-corrected chi connectivity index (χ4v) is 2.60. The summed E-state index contributed by atoms with van der Waals surface area (Å²) in [4.78, 5) is 34.6. The summed E-state index contributed by atoms with van der Waals surface area (Å²) in [6.45, 7) is -0.165. The van der Waals surface area contributed by atoms with E-state index >= 15 is 0 Å². The first-order chi connectivity index (χ1) is 13.9. The third kappa shape index (κ3) is 5.40. The van der Waals surface area contributed by atoms with Crippen molar-refractivity contribution in [1.29, 1.82) is 0 Å². The number of carbonyl (C=O) groups excluding carboxylic acids is 2. The van der Waals surface area contributed by atoms with Crippen molar-refractivity contribution >= 4 is 34.7 Å². The predicted octanol–water partition coefficient (Wildman–Crippen LogP) is 4.76. The topological polar surface area (TPSA) is 98.5 Å². The summed E-state index contributed by atoms with van der Waals surface area (Å²) in [5.41, 5.74) is 1.13. The van der Waals surface area contributed by atoms with Crippen LogP contribution in [0.4, 0.5) is 11.4 Å². The van der Waals surface area contributed by atoms with E-state index in [9.17, 15) is 19.7 Å². The molecule has 3 rings (SSSR count). The van der Waals surface area contributed by atoms with E-state index in [0.717, 1.165) is 0 Å². The summed E-state index contributed by atoms with van der Waals surface area (Å²) in [5.74, 6) is -0.218. The molecule has 3 aromatic carbocycles. The van der Waals surface area contributed by atoms with Gasteiger partial charge in [-0.2, -0.15) is 0 Å². The SMILES string of the molecule is O=C(COc1cccc(NC(=O)c2ccc([N+](=O)[O-])cc2)c1)c1ccc(Cl)cc1. The Morgan fingerprint density at radius 1 is 0.966 bits per heavy atom. The number of halogens is 1. The van der Waals surface area contributed by atoms with Crippen molar-refractivity contribution in [3.8, 4) is 5.75 Å². The number of anilines is 1. The lowest BCUT2D eigenvalue weighted by atomic mass is 10.1. The lowest BCUT2D eigenvalue weighted by Crippen LogP contribution is -2.13. The molecule has 3 aromatic rings. The fraction of sp³-hybridized carbons (Fsp3) is 0.0476. The van der Waals surface area contributed by atoms with Crippen LogP contribution in [0.3, 0.4) is 0 Å². The minimum Gasteiger partial charge on any atom is -0.485 e. The van der Waals surface area contributed by atoms with Crippen molar-refractivity contribution in [2.45, 2.75) is 0 Å². The van der Waals surface area contributed by atoms with Gasteiger partial charge < -0.3 is 10.1 Å². The van der Waals surface area contributed by atoms with Crippen LogP contribution in [0.5, 0.6) is 5.75 Å². The van der Waals surface area contributed by atoms with Crippen LogP contribution in [0.2, 0.25) is 5.02 Å². The number of carbonyl (C=O) groups is 2. The van der Waals surface area contributed by atoms with Gasteiger partial charge in [-0.3, -0.25) is 19.7 Å². The molecule has 0 radical (unpaired) electrons. The van der Waals surface area contributed by atoms with Gasteiger partial charge in [0.1, 0.15) is 5.75 Å². The van der Waals surface area contributed by atoms with E-state index in [4.69, 9.17) is 16.3 Å². The van der Waals surface area contributed by atoms with Crippen LogP contribution in [0.1, 0.15) is 20.7 Å². The number of ketones is 1. The minimum atomic E-state index is -0.534. The van der Waals surface area contributed by atoms with E-state index in [-0.39, 0.29) is 23.6 Å². The van der Waals surface area contributed by atoms with Crippen LogP contribution in [0.15, 0.2) is 72.8 Å². The fourth-order valence-electron chi connectivity index (χ4n) is 2.47. The normalized spacial score (nSPS) is 10.2. The molecule has 0 saturated heterocycles. The lowest BCUT2D eigenvalue weighted by Gasteiger charge is -2.09. The number of nitro groups is 1. The number of rotatable bonds is 7. The summed E-state index contributed by atoms with van der Waals surface area (Å²) < 4.78 is 5.51. The number of nitrogens with zero attached hydrogens (tertiary/aromatic N) is 1. The zero-order valence-corrected chi connectivity index (χ0v) is 15.8. The zero-order valence-electron chi connectivity index (χ0n) is 15.0. The Hall–Kier alpha value is -3.71. The predicted molar refractivity (Wildman–Crippen MR) is 109 cm³/mol. The van der Waals surface area contributed by atoms with Crippen molar-refractivity contribution < 1.29 is 19.2 Å². The molecule has 7 nitrogen and oxygen atoms in total. The number of nitrogens with one attached hydrogen (secondary N) is 1. The highest BCUT2D eigenvalue weighted by Crippen LogP contribution is 2.19. The highest BCUT2D eigenvalue weighted by atomic mass is 35.5. The lowest BCUT2D eigenvalue weighted by molar-refractivity contribution is -0.384. The quantitative estimate of drug-likeness (QED) is 0.344. The first-order valence-corrected chi connectivity index (χ1v) is 8.87. The van der Waals surface area contributed by atoms with Gasteiger partial charge in [-0.15, -0.1) is 0 Å². The second-order valence-corrected chi connectivity index (χ2v) is 6.44. The third-order valence-electron chi connectivity index (χ3n) is 3.97. The van der Waals surface area contributed by atoms with Crippen molar-refractivity contribution in [1.82, 2.24) is 0 Å². The van der Waals surface area contributed by atoms with Gasteiger partial charge in [-0.05, 0) is 48.5 Å². The molecule has 8 heteroatoms. The van der Waals surface area contributed by atoms with Gasteiger partial charge in [0.15, 0.2) is 12.4 Å². The molecule has 0 spiro atoms. The van der Waals surface area contributed by atoms with Crippen LogP contribution in [0, 0.1) is 10.1 Å². The molecular formula is C21H15ClN2O5. The molecule has 0 fully saturated rings. The van der Waals surface area contributed by atoms with Crippen LogP contribution in [-0.2, 0) is 0 Å². The molecule has 29 heavy (non-hydrogen) atoms. The van der Waals surface area contributed by atoms with Gasteiger partial charge >= 0.3 is 0 Å². The second kappa shape index (κ2) is 8.99. The Morgan fingerprint density at radius 3 is 2.28 bits per heavy atom. The zero-order chi connectivity index (χ0) is 20.8. The van der Waals surface area contributed by atoms with Gasteiger partial charge in [0.05, 0.1) is 4.92 Å². The molecule has 1 amide bonds. The van der Waals surface area contributed by atoms with Crippen LogP contribution >= 0.6 is 11.6 Å². The Bertz CT molecular complexity index is 1050. The number of non-ortho nitro benzene ring substituents is 1. The van der Waals surface area contributed by atoms with E-state index in [0.29, 0.717) is 22.0 Å². The molecule has 146 valence electrons. The average Bonchev–Trinajstić information content (AvgIpc) is 2.73. The van der Waals surface area contributed by atoms with E-state index in [1.54, 1.807) is 48.5 Å². The smallest absolute Gasteiger partial charge is 0.269 e. The monoisotopic (exact) mass is 410 g/mol. The molecule has 0 aliphatic heterocycles. The molecule has 1 N–H and O–H groups in total. The molecule has 0 aromatic heterocycles. The third-order valence-corrected chi connectivity index (χ3v) is 4.22. The van der Waals surface area contributed by atoms with Gasteiger partial charge in [-0.25, -0.2) is 0 Å². The van der Waals surface area contributed by atoms with E-state index < -0.39 is 10.8 Å². The number of hydrogen-bond acceptors (Lipinski definition) is 5. The number of ether oxygens (including phenoxy) is 1. The summed E-state index contributed by atoms with van der Waals surface area (Å²) in [6.07, 6.45) is 0. The van der Waals surface area contributed by atoms with Crippen LogP contribution < -0.4 is 10.1 Å². The van der Waals surface area contributed by atoms with Crippen LogP contribution in [-0.4, -0.2) is 23.2 Å². The Balaban J connectivity index is 1.61. The highest BCUT2D eigenvalue weighted by molar-refractivity contribution is 6.30. The van der Waals surface area contributed by atoms with Gasteiger partial charge in [0, 0.05) is 40.0 Å². The van der Waals surface area contributed by atoms with E-state index in [1.165, 1.54) is 24.3 Å². The summed E-state index contributed by atoms with van der Waals surface area (Å²) in [6, 6.07) is 18.3. The van der Waals surface area contributed by atoms with Gasteiger partial charge in [0.2, 0.25) is 0 Å². The van der Waals surface area contributed by atoms with E-state index in [1.807, 2.05) is 0 Å². The Morgan fingerprint density at radius 2 is 1.62 bits per heavy atom. The van der Waals surface area contributed by atoms with Gasteiger partial charge in [0.25, 0.3) is 11.6 Å². The first-order valence-electron chi connectivity index (χ1n) is 8.50.